The van der Waals surface area contributed by atoms with Gasteiger partial charge >= 0.3 is 0 Å². The van der Waals surface area contributed by atoms with E-state index in [4.69, 9.17) is 18.9 Å². The Kier molecular flexibility index (Phi) is 13.1. The average Bonchev–Trinajstić information content (AvgIpc) is 3.14. The van der Waals surface area contributed by atoms with E-state index in [0.717, 1.165) is 21.0 Å². The van der Waals surface area contributed by atoms with Crippen molar-refractivity contribution in [2.75, 3.05) is 45.8 Å². The Hall–Kier alpha value is -5.23. The van der Waals surface area contributed by atoms with E-state index < -0.39 is 28.5 Å². The molecular weight excluding hydrogens is 658 g/mol. The summed E-state index contributed by atoms with van der Waals surface area (Å²) in [7, 11) is 1.23. The summed E-state index contributed by atoms with van der Waals surface area (Å²) in [6.07, 6.45) is 0.904. The molecular formula is C38H45N3O8S. The first-order valence-corrected chi connectivity index (χ1v) is 17.6. The van der Waals surface area contributed by atoms with Crippen LogP contribution in [-0.4, -0.2) is 72.7 Å². The number of sulfonamides is 1. The lowest BCUT2D eigenvalue weighted by molar-refractivity contribution is -0.140. The molecule has 1 N–H and O–H groups in total. The first kappa shape index (κ1) is 37.6. The molecule has 50 heavy (non-hydrogen) atoms. The van der Waals surface area contributed by atoms with Crippen molar-refractivity contribution >= 4 is 27.5 Å². The van der Waals surface area contributed by atoms with Crippen LogP contribution in [0.4, 0.5) is 5.69 Å². The first-order chi connectivity index (χ1) is 24.1. The molecule has 0 unspecified atom stereocenters. The number of nitrogens with zero attached hydrogens (tertiary/aromatic N) is 2. The number of carbonyl (C=O) groups is 2. The minimum Gasteiger partial charge on any atom is -0.497 e. The third kappa shape index (κ3) is 8.86. The molecule has 11 nitrogen and oxygen atoms in total. The number of carbonyl (C=O) groups excluding carboxylic acids is 2. The van der Waals surface area contributed by atoms with Gasteiger partial charge in [0.1, 0.15) is 24.1 Å². The van der Waals surface area contributed by atoms with Gasteiger partial charge in [-0.2, -0.15) is 0 Å². The molecule has 0 aliphatic heterocycles. The topological polar surface area (TPSA) is 124 Å². The second kappa shape index (κ2) is 17.4. The largest absolute Gasteiger partial charge is 0.497 e. The van der Waals surface area contributed by atoms with Crippen LogP contribution in [0.2, 0.25) is 0 Å². The van der Waals surface area contributed by atoms with Crippen LogP contribution in [0.25, 0.3) is 0 Å². The maximum atomic E-state index is 14.8. The standard InChI is InChI=1S/C38H45N3O8S/c1-7-21-39-38(43)33(22-28-14-9-8-10-15-28)40(25-29-16-12-11-13-27(29)2)37(42)26-41(32-23-30(46-3)17-19-34(32)47-4)50(44,45)31-18-20-35(48-5)36(24-31)49-6/h8-20,23-24,33H,7,21-22,25-26H2,1-6H3,(H,39,43)/t33-/m0/s1. The van der Waals surface area contributed by atoms with Gasteiger partial charge in [0.05, 0.1) is 39.0 Å². The van der Waals surface area contributed by atoms with E-state index in [1.54, 1.807) is 12.1 Å². The molecule has 0 saturated carbocycles. The number of ether oxygens (including phenoxy) is 4. The first-order valence-electron chi connectivity index (χ1n) is 16.2. The lowest BCUT2D eigenvalue weighted by atomic mass is 10.0. The molecule has 0 fully saturated rings. The van der Waals surface area contributed by atoms with E-state index in [0.29, 0.717) is 24.5 Å². The number of benzene rings is 4. The molecule has 4 rings (SSSR count). The molecule has 266 valence electrons. The molecule has 1 atom stereocenters. The molecule has 4 aromatic rings. The average molecular weight is 704 g/mol. The van der Waals surface area contributed by atoms with Gasteiger partial charge in [0.15, 0.2) is 11.5 Å². The number of hydrogen-bond donors (Lipinski definition) is 1. The Labute approximate surface area is 294 Å². The fourth-order valence-electron chi connectivity index (χ4n) is 5.50. The van der Waals surface area contributed by atoms with E-state index in [2.05, 4.69) is 5.32 Å². The summed E-state index contributed by atoms with van der Waals surface area (Å²) in [5.41, 5.74) is 2.65. The second-order valence-corrected chi connectivity index (χ2v) is 13.4. The van der Waals surface area contributed by atoms with E-state index in [9.17, 15) is 18.0 Å². The van der Waals surface area contributed by atoms with Crippen LogP contribution >= 0.6 is 0 Å². The quantitative estimate of drug-likeness (QED) is 0.155. The Balaban J connectivity index is 1.90. The van der Waals surface area contributed by atoms with Crippen LogP contribution in [0.5, 0.6) is 23.0 Å². The zero-order valence-corrected chi connectivity index (χ0v) is 30.2. The van der Waals surface area contributed by atoms with Crippen molar-refractivity contribution in [1.82, 2.24) is 10.2 Å². The Morgan fingerprint density at radius 1 is 0.780 bits per heavy atom. The summed E-state index contributed by atoms with van der Waals surface area (Å²) in [4.78, 5) is 30.1. The van der Waals surface area contributed by atoms with Crippen LogP contribution in [0.15, 0.2) is 95.9 Å². The fraction of sp³-hybridized carbons (Fsp3) is 0.316. The molecule has 0 aliphatic carbocycles. The zero-order chi connectivity index (χ0) is 36.3. The number of amides is 2. The van der Waals surface area contributed by atoms with Crippen molar-refractivity contribution in [3.8, 4) is 23.0 Å². The highest BCUT2D eigenvalue weighted by molar-refractivity contribution is 7.92. The van der Waals surface area contributed by atoms with Crippen LogP contribution in [-0.2, 0) is 32.6 Å². The summed E-state index contributed by atoms with van der Waals surface area (Å²) >= 11 is 0. The summed E-state index contributed by atoms with van der Waals surface area (Å²) in [5, 5.41) is 2.96. The molecule has 2 amide bonds. The van der Waals surface area contributed by atoms with Crippen molar-refractivity contribution in [2.24, 2.45) is 0 Å². The van der Waals surface area contributed by atoms with Crippen LogP contribution < -0.4 is 28.6 Å². The number of anilines is 1. The molecule has 0 aliphatic rings. The third-order valence-corrected chi connectivity index (χ3v) is 10.1. The van der Waals surface area contributed by atoms with Gasteiger partial charge in [0.2, 0.25) is 11.8 Å². The SMILES string of the molecule is CCCNC(=O)[C@H](Cc1ccccc1)N(Cc1ccccc1C)C(=O)CN(c1cc(OC)ccc1OC)S(=O)(=O)c1ccc(OC)c(OC)c1. The van der Waals surface area contributed by atoms with Crippen molar-refractivity contribution < 1.29 is 37.0 Å². The highest BCUT2D eigenvalue weighted by atomic mass is 32.2. The normalized spacial score (nSPS) is 11.6. The van der Waals surface area contributed by atoms with E-state index in [1.807, 2.05) is 68.4 Å². The molecule has 0 spiro atoms. The highest BCUT2D eigenvalue weighted by Crippen LogP contribution is 2.38. The van der Waals surface area contributed by atoms with Gasteiger partial charge in [-0.05, 0) is 54.3 Å². The lowest BCUT2D eigenvalue weighted by Gasteiger charge is -2.34. The summed E-state index contributed by atoms with van der Waals surface area (Å²) in [6, 6.07) is 24.9. The molecule has 0 heterocycles. The fourth-order valence-corrected chi connectivity index (χ4v) is 6.93. The molecule has 0 aromatic heterocycles. The van der Waals surface area contributed by atoms with Gasteiger partial charge in [0, 0.05) is 31.6 Å². The van der Waals surface area contributed by atoms with E-state index in [-0.39, 0.29) is 41.0 Å². The molecule has 0 saturated heterocycles. The predicted octanol–water partition coefficient (Wildman–Crippen LogP) is 5.39. The van der Waals surface area contributed by atoms with Gasteiger partial charge in [0.25, 0.3) is 10.0 Å². The van der Waals surface area contributed by atoms with Crippen molar-refractivity contribution in [1.29, 1.82) is 0 Å². The monoisotopic (exact) mass is 703 g/mol. The number of nitrogens with one attached hydrogen (secondary N) is 1. The van der Waals surface area contributed by atoms with E-state index in [1.165, 1.54) is 57.6 Å². The number of methoxy groups -OCH3 is 4. The summed E-state index contributed by atoms with van der Waals surface area (Å²) < 4.78 is 52.1. The molecule has 0 bridgehead atoms. The van der Waals surface area contributed by atoms with Crippen molar-refractivity contribution in [2.45, 2.75) is 44.2 Å². The second-order valence-electron chi connectivity index (χ2n) is 11.5. The van der Waals surface area contributed by atoms with Crippen molar-refractivity contribution in [3.05, 3.63) is 108 Å². The van der Waals surface area contributed by atoms with Gasteiger partial charge in [-0.1, -0.05) is 61.5 Å². The maximum Gasteiger partial charge on any atom is 0.265 e. The van der Waals surface area contributed by atoms with E-state index >= 15 is 0 Å². The minimum absolute atomic E-state index is 0.0576. The number of hydrogen-bond acceptors (Lipinski definition) is 8. The van der Waals surface area contributed by atoms with Crippen LogP contribution in [0.1, 0.15) is 30.0 Å². The van der Waals surface area contributed by atoms with Gasteiger partial charge in [-0.25, -0.2) is 8.42 Å². The van der Waals surface area contributed by atoms with Crippen LogP contribution in [0, 0.1) is 6.92 Å². The Morgan fingerprint density at radius 3 is 2.08 bits per heavy atom. The Bertz CT molecular complexity index is 1870. The van der Waals surface area contributed by atoms with Gasteiger partial charge in [-0.15, -0.1) is 0 Å². The summed E-state index contributed by atoms with van der Waals surface area (Å²) in [5.74, 6) is 0.113. The summed E-state index contributed by atoms with van der Waals surface area (Å²) in [6.45, 7) is 3.68. The Morgan fingerprint density at radius 2 is 1.44 bits per heavy atom. The van der Waals surface area contributed by atoms with Crippen LogP contribution in [0.3, 0.4) is 0 Å². The molecule has 4 aromatic carbocycles. The van der Waals surface area contributed by atoms with Crippen molar-refractivity contribution in [3.63, 3.8) is 0 Å². The zero-order valence-electron chi connectivity index (χ0n) is 29.3. The predicted molar refractivity (Wildman–Crippen MR) is 193 cm³/mol. The smallest absolute Gasteiger partial charge is 0.265 e. The van der Waals surface area contributed by atoms with Gasteiger partial charge in [-0.3, -0.25) is 13.9 Å². The minimum atomic E-state index is -4.48. The van der Waals surface area contributed by atoms with Gasteiger partial charge < -0.3 is 29.2 Å². The molecule has 0 radical (unpaired) electrons. The highest BCUT2D eigenvalue weighted by Gasteiger charge is 2.36. The number of aryl methyl sites for hydroxylation is 1. The molecule has 12 heteroatoms. The number of rotatable bonds is 17. The maximum absolute atomic E-state index is 14.8. The lowest BCUT2D eigenvalue weighted by Crippen LogP contribution is -2.53. The third-order valence-electron chi connectivity index (χ3n) is 8.30.